The third-order valence-electron chi connectivity index (χ3n) is 2.90. The van der Waals surface area contributed by atoms with Gasteiger partial charge in [0.1, 0.15) is 0 Å². The molecule has 1 aromatic carbocycles. The van der Waals surface area contributed by atoms with Crippen LogP contribution in [0.3, 0.4) is 0 Å². The van der Waals surface area contributed by atoms with Crippen molar-refractivity contribution in [3.8, 4) is 0 Å². The van der Waals surface area contributed by atoms with Crippen LogP contribution in [0.1, 0.15) is 32.8 Å². The van der Waals surface area contributed by atoms with E-state index in [9.17, 15) is 9.59 Å². The number of nitrogens with one attached hydrogen (secondary N) is 2. The molecule has 1 rings (SSSR count). The zero-order valence-corrected chi connectivity index (χ0v) is 11.5. The normalized spacial score (nSPS) is 10.9. The number of carboxylic acids is 1. The summed E-state index contributed by atoms with van der Waals surface area (Å²) < 4.78 is 0. The number of hydrogen-bond donors (Lipinski definition) is 3. The number of aliphatic carboxylic acids is 1. The van der Waals surface area contributed by atoms with E-state index in [1.54, 1.807) is 24.3 Å². The zero-order valence-electron chi connectivity index (χ0n) is 11.5. The number of anilines is 1. The molecule has 0 radical (unpaired) electrons. The molecule has 0 spiro atoms. The molecule has 0 aliphatic rings. The van der Waals surface area contributed by atoms with Crippen molar-refractivity contribution in [1.82, 2.24) is 5.32 Å². The lowest BCUT2D eigenvalue weighted by atomic mass is 10.0. The largest absolute Gasteiger partial charge is 0.481 e. The molecule has 0 saturated heterocycles. The van der Waals surface area contributed by atoms with Crippen molar-refractivity contribution in [2.45, 2.75) is 39.2 Å². The lowest BCUT2D eigenvalue weighted by Crippen LogP contribution is -2.45. The summed E-state index contributed by atoms with van der Waals surface area (Å²) in [5, 5.41) is 14.2. The Labute approximate surface area is 113 Å². The van der Waals surface area contributed by atoms with Crippen molar-refractivity contribution >= 4 is 17.7 Å². The third kappa shape index (κ3) is 5.42. The van der Waals surface area contributed by atoms with Crippen LogP contribution in [-0.4, -0.2) is 22.6 Å². The van der Waals surface area contributed by atoms with Crippen LogP contribution in [-0.2, 0) is 11.2 Å². The SMILES string of the molecule is CCC(C)(C)NC(=O)Nc1ccc(CC(=O)O)cc1. The summed E-state index contributed by atoms with van der Waals surface area (Å²) in [7, 11) is 0. The fourth-order valence-corrected chi connectivity index (χ4v) is 1.44. The molecule has 1 aromatic rings. The number of benzene rings is 1. The standard InChI is InChI=1S/C14H20N2O3/c1-4-14(2,3)16-13(19)15-11-7-5-10(6-8-11)9-12(17)18/h5-8H,4,9H2,1-3H3,(H,17,18)(H2,15,16,19). The van der Waals surface area contributed by atoms with Crippen LogP contribution in [0.25, 0.3) is 0 Å². The Kier molecular flexibility index (Phi) is 4.92. The van der Waals surface area contributed by atoms with E-state index in [2.05, 4.69) is 10.6 Å². The Balaban J connectivity index is 2.58. The minimum atomic E-state index is -0.872. The quantitative estimate of drug-likeness (QED) is 0.765. The van der Waals surface area contributed by atoms with Crippen LogP contribution >= 0.6 is 0 Å². The van der Waals surface area contributed by atoms with Gasteiger partial charge in [-0.05, 0) is 38.0 Å². The van der Waals surface area contributed by atoms with Crippen LogP contribution in [0.4, 0.5) is 10.5 Å². The van der Waals surface area contributed by atoms with Gasteiger partial charge >= 0.3 is 12.0 Å². The number of carboxylic acid groups (broad SMARTS) is 1. The van der Waals surface area contributed by atoms with E-state index in [4.69, 9.17) is 5.11 Å². The molecule has 19 heavy (non-hydrogen) atoms. The fourth-order valence-electron chi connectivity index (χ4n) is 1.44. The van der Waals surface area contributed by atoms with Gasteiger partial charge in [0, 0.05) is 11.2 Å². The molecule has 104 valence electrons. The van der Waals surface area contributed by atoms with Crippen molar-refractivity contribution in [2.24, 2.45) is 0 Å². The molecule has 5 nitrogen and oxygen atoms in total. The van der Waals surface area contributed by atoms with Gasteiger partial charge in [0.05, 0.1) is 6.42 Å². The number of carbonyl (C=O) groups is 2. The number of amides is 2. The van der Waals surface area contributed by atoms with Gasteiger partial charge in [-0.15, -0.1) is 0 Å². The molecule has 3 N–H and O–H groups in total. The van der Waals surface area contributed by atoms with Gasteiger partial charge in [0.2, 0.25) is 0 Å². The predicted molar refractivity (Wildman–Crippen MR) is 74.3 cm³/mol. The second-order valence-electron chi connectivity index (χ2n) is 5.08. The van der Waals surface area contributed by atoms with Gasteiger partial charge < -0.3 is 15.7 Å². The van der Waals surface area contributed by atoms with Crippen molar-refractivity contribution in [1.29, 1.82) is 0 Å². The van der Waals surface area contributed by atoms with Gasteiger partial charge in [0.15, 0.2) is 0 Å². The molecular weight excluding hydrogens is 244 g/mol. The molecule has 0 unspecified atom stereocenters. The summed E-state index contributed by atoms with van der Waals surface area (Å²) in [4.78, 5) is 22.3. The van der Waals surface area contributed by atoms with E-state index < -0.39 is 5.97 Å². The van der Waals surface area contributed by atoms with Gasteiger partial charge in [-0.2, -0.15) is 0 Å². The molecule has 0 aliphatic heterocycles. The first-order chi connectivity index (χ1) is 8.82. The number of urea groups is 1. The zero-order chi connectivity index (χ0) is 14.5. The Morgan fingerprint density at radius 3 is 2.26 bits per heavy atom. The minimum Gasteiger partial charge on any atom is -0.481 e. The van der Waals surface area contributed by atoms with E-state index in [0.717, 1.165) is 6.42 Å². The van der Waals surface area contributed by atoms with Crippen LogP contribution in [0.5, 0.6) is 0 Å². The van der Waals surface area contributed by atoms with Gasteiger partial charge in [-0.1, -0.05) is 19.1 Å². The summed E-state index contributed by atoms with van der Waals surface area (Å²) in [5.41, 5.74) is 1.08. The van der Waals surface area contributed by atoms with Crippen molar-refractivity contribution in [3.63, 3.8) is 0 Å². The predicted octanol–water partition coefficient (Wildman–Crippen LogP) is 2.62. The Bertz CT molecular complexity index is 452. The molecule has 0 heterocycles. The summed E-state index contributed by atoms with van der Waals surface area (Å²) in [6.07, 6.45) is 0.813. The average Bonchev–Trinajstić information content (AvgIpc) is 2.30. The molecule has 0 atom stereocenters. The monoisotopic (exact) mass is 264 g/mol. The summed E-state index contributed by atoms with van der Waals surface area (Å²) >= 11 is 0. The third-order valence-corrected chi connectivity index (χ3v) is 2.90. The maximum atomic E-state index is 11.7. The van der Waals surface area contributed by atoms with Crippen LogP contribution in [0, 0.1) is 0 Å². The van der Waals surface area contributed by atoms with E-state index in [1.807, 2.05) is 20.8 Å². The van der Waals surface area contributed by atoms with Crippen molar-refractivity contribution in [2.75, 3.05) is 5.32 Å². The molecule has 5 heteroatoms. The van der Waals surface area contributed by atoms with Crippen LogP contribution in [0.15, 0.2) is 24.3 Å². The highest BCUT2D eigenvalue weighted by atomic mass is 16.4. The van der Waals surface area contributed by atoms with Crippen molar-refractivity contribution in [3.05, 3.63) is 29.8 Å². The van der Waals surface area contributed by atoms with E-state index in [0.29, 0.717) is 11.3 Å². The Morgan fingerprint density at radius 1 is 1.21 bits per heavy atom. The van der Waals surface area contributed by atoms with E-state index in [1.165, 1.54) is 0 Å². The molecule has 0 saturated carbocycles. The number of hydrogen-bond acceptors (Lipinski definition) is 2. The fraction of sp³-hybridized carbons (Fsp3) is 0.429. The van der Waals surface area contributed by atoms with Crippen LogP contribution < -0.4 is 10.6 Å². The topological polar surface area (TPSA) is 78.4 Å². The number of carbonyl (C=O) groups excluding carboxylic acids is 1. The lowest BCUT2D eigenvalue weighted by Gasteiger charge is -2.24. The summed E-state index contributed by atoms with van der Waals surface area (Å²) in [6, 6.07) is 6.50. The second-order valence-corrected chi connectivity index (χ2v) is 5.08. The van der Waals surface area contributed by atoms with Gasteiger partial charge in [0.25, 0.3) is 0 Å². The first-order valence-electron chi connectivity index (χ1n) is 6.22. The van der Waals surface area contributed by atoms with Crippen LogP contribution in [0.2, 0.25) is 0 Å². The average molecular weight is 264 g/mol. The number of rotatable bonds is 5. The van der Waals surface area contributed by atoms with Gasteiger partial charge in [-0.3, -0.25) is 4.79 Å². The highest BCUT2D eigenvalue weighted by molar-refractivity contribution is 5.89. The Morgan fingerprint density at radius 2 is 1.79 bits per heavy atom. The molecule has 2 amide bonds. The smallest absolute Gasteiger partial charge is 0.319 e. The first-order valence-corrected chi connectivity index (χ1v) is 6.22. The summed E-state index contributed by atoms with van der Waals surface area (Å²) in [5.74, 6) is -0.872. The Hall–Kier alpha value is -2.04. The summed E-state index contributed by atoms with van der Waals surface area (Å²) in [6.45, 7) is 5.89. The highest BCUT2D eigenvalue weighted by Crippen LogP contribution is 2.11. The molecular formula is C14H20N2O3. The van der Waals surface area contributed by atoms with E-state index >= 15 is 0 Å². The molecule has 0 fully saturated rings. The lowest BCUT2D eigenvalue weighted by molar-refractivity contribution is -0.136. The molecule has 0 aromatic heterocycles. The maximum absolute atomic E-state index is 11.7. The molecule has 0 bridgehead atoms. The minimum absolute atomic E-state index is 0.0185. The maximum Gasteiger partial charge on any atom is 0.319 e. The second kappa shape index (κ2) is 6.22. The van der Waals surface area contributed by atoms with Crippen molar-refractivity contribution < 1.29 is 14.7 Å². The molecule has 0 aliphatic carbocycles. The first kappa shape index (κ1) is 15.0. The van der Waals surface area contributed by atoms with E-state index in [-0.39, 0.29) is 18.0 Å². The van der Waals surface area contributed by atoms with Gasteiger partial charge in [-0.25, -0.2) is 4.79 Å². The highest BCUT2D eigenvalue weighted by Gasteiger charge is 2.17.